The maximum absolute atomic E-state index is 12.6. The second kappa shape index (κ2) is 9.75. The normalized spacial score (nSPS) is 11.4. The van der Waals surface area contributed by atoms with Crippen molar-refractivity contribution in [3.05, 3.63) is 100 Å². The summed E-state index contributed by atoms with van der Waals surface area (Å²) in [4.78, 5) is 24.3. The Labute approximate surface area is 199 Å². The Morgan fingerprint density at radius 3 is 2.45 bits per heavy atom. The molecule has 33 heavy (non-hydrogen) atoms. The number of hydrogen-bond donors (Lipinski definition) is 2. The molecule has 0 fully saturated rings. The maximum Gasteiger partial charge on any atom is 0.352 e. The number of nitrogens with one attached hydrogen (secondary N) is 1. The third-order valence-corrected chi connectivity index (χ3v) is 5.75. The molecular formula is C26H21BrN2O4. The van der Waals surface area contributed by atoms with Crippen LogP contribution in [0.15, 0.2) is 89.2 Å². The largest absolute Gasteiger partial charge is 0.477 e. The maximum atomic E-state index is 12.6. The fraction of sp³-hybridized carbons (Fsp3) is 0.0769. The smallest absolute Gasteiger partial charge is 0.352 e. The van der Waals surface area contributed by atoms with Gasteiger partial charge in [-0.25, -0.2) is 4.79 Å². The molecule has 1 heterocycles. The number of carbonyl (C=O) groups is 2. The third-order valence-electron chi connectivity index (χ3n) is 5.09. The molecule has 3 aromatic carbocycles. The first-order chi connectivity index (χ1) is 15.9. The van der Waals surface area contributed by atoms with Crippen LogP contribution in [-0.2, 0) is 23.1 Å². The molecule has 0 saturated heterocycles. The Morgan fingerprint density at radius 2 is 1.73 bits per heavy atom. The van der Waals surface area contributed by atoms with Gasteiger partial charge in [-0.15, -0.1) is 0 Å². The van der Waals surface area contributed by atoms with Gasteiger partial charge in [0.1, 0.15) is 17.2 Å². The zero-order chi connectivity index (χ0) is 23.4. The molecule has 0 unspecified atom stereocenters. The quantitative estimate of drug-likeness (QED) is 0.325. The number of halogens is 1. The van der Waals surface area contributed by atoms with Crippen molar-refractivity contribution < 1.29 is 19.4 Å². The molecule has 7 heteroatoms. The molecule has 6 nitrogen and oxygen atoms in total. The zero-order valence-corrected chi connectivity index (χ0v) is 19.4. The van der Waals surface area contributed by atoms with E-state index in [-0.39, 0.29) is 12.1 Å². The molecule has 1 aromatic heterocycles. The van der Waals surface area contributed by atoms with Gasteiger partial charge in [-0.2, -0.15) is 0 Å². The molecular weight excluding hydrogens is 484 g/mol. The number of fused-ring (bicyclic) bond motifs is 1. The van der Waals surface area contributed by atoms with Crippen molar-refractivity contribution in [3.8, 4) is 11.5 Å². The Morgan fingerprint density at radius 1 is 1.03 bits per heavy atom. The molecule has 0 atom stereocenters. The molecule has 1 amide bonds. The highest BCUT2D eigenvalue weighted by Crippen LogP contribution is 2.29. The van der Waals surface area contributed by atoms with Crippen LogP contribution in [0.4, 0.5) is 0 Å². The van der Waals surface area contributed by atoms with Crippen LogP contribution in [0.5, 0.6) is 11.5 Å². The minimum absolute atomic E-state index is 0.0741. The summed E-state index contributed by atoms with van der Waals surface area (Å²) in [6, 6.07) is 22.2. The van der Waals surface area contributed by atoms with E-state index in [2.05, 4.69) is 21.2 Å². The van der Waals surface area contributed by atoms with Gasteiger partial charge in [-0.05, 0) is 63.5 Å². The van der Waals surface area contributed by atoms with Crippen LogP contribution < -0.4 is 10.1 Å². The van der Waals surface area contributed by atoms with Crippen LogP contribution in [0.3, 0.4) is 0 Å². The second-order valence-corrected chi connectivity index (χ2v) is 8.33. The lowest BCUT2D eigenvalue weighted by Crippen LogP contribution is -2.28. The summed E-state index contributed by atoms with van der Waals surface area (Å²) in [6.45, 7) is 0. The molecule has 2 N–H and O–H groups in total. The van der Waals surface area contributed by atoms with Gasteiger partial charge in [-0.1, -0.05) is 42.5 Å². The highest BCUT2D eigenvalue weighted by molar-refractivity contribution is 9.10. The van der Waals surface area contributed by atoms with E-state index < -0.39 is 11.9 Å². The van der Waals surface area contributed by atoms with Crippen LogP contribution in [0.25, 0.3) is 17.0 Å². The van der Waals surface area contributed by atoms with Crippen LogP contribution in [-0.4, -0.2) is 21.6 Å². The number of aromatic nitrogens is 1. The molecule has 0 aliphatic heterocycles. The number of carbonyl (C=O) groups excluding carboxylic acids is 1. The first kappa shape index (κ1) is 22.4. The lowest BCUT2D eigenvalue weighted by atomic mass is 10.1. The summed E-state index contributed by atoms with van der Waals surface area (Å²) < 4.78 is 8.61. The fourth-order valence-corrected chi connectivity index (χ4v) is 3.90. The third kappa shape index (κ3) is 5.32. The van der Waals surface area contributed by atoms with Gasteiger partial charge in [0, 0.05) is 24.1 Å². The van der Waals surface area contributed by atoms with E-state index >= 15 is 0 Å². The van der Waals surface area contributed by atoms with Crippen molar-refractivity contribution in [1.82, 2.24) is 9.88 Å². The van der Waals surface area contributed by atoms with E-state index in [4.69, 9.17) is 4.74 Å². The Hall–Kier alpha value is -3.84. The van der Waals surface area contributed by atoms with Crippen molar-refractivity contribution in [2.24, 2.45) is 7.05 Å². The molecule has 166 valence electrons. The highest BCUT2D eigenvalue weighted by Gasteiger charge is 2.15. The summed E-state index contributed by atoms with van der Waals surface area (Å²) in [6.07, 6.45) is 3.38. The second-order valence-electron chi connectivity index (χ2n) is 7.47. The van der Waals surface area contributed by atoms with E-state index in [1.54, 1.807) is 24.3 Å². The van der Waals surface area contributed by atoms with Crippen molar-refractivity contribution in [3.63, 3.8) is 0 Å². The number of carboxylic acid groups (broad SMARTS) is 1. The number of benzene rings is 3. The van der Waals surface area contributed by atoms with Crippen molar-refractivity contribution in [2.45, 2.75) is 6.42 Å². The van der Waals surface area contributed by atoms with Gasteiger partial charge in [-0.3, -0.25) is 4.79 Å². The van der Waals surface area contributed by atoms with Crippen LogP contribution in [0, 0.1) is 0 Å². The molecule has 0 radical (unpaired) electrons. The average molecular weight is 505 g/mol. The molecule has 4 aromatic rings. The number of amides is 1. The summed E-state index contributed by atoms with van der Waals surface area (Å²) in [5, 5.41) is 13.1. The van der Waals surface area contributed by atoms with Crippen LogP contribution in [0.1, 0.15) is 11.1 Å². The van der Waals surface area contributed by atoms with Gasteiger partial charge in [0.25, 0.3) is 0 Å². The number of aliphatic carboxylic acids is 1. The van der Waals surface area contributed by atoms with E-state index in [9.17, 15) is 14.7 Å². The van der Waals surface area contributed by atoms with Crippen molar-refractivity contribution in [2.75, 3.05) is 0 Å². The summed E-state index contributed by atoms with van der Waals surface area (Å²) in [7, 11) is 1.91. The van der Waals surface area contributed by atoms with Crippen LogP contribution >= 0.6 is 15.9 Å². The molecule has 4 rings (SSSR count). The van der Waals surface area contributed by atoms with Gasteiger partial charge in [0.15, 0.2) is 0 Å². The van der Waals surface area contributed by atoms with E-state index in [0.29, 0.717) is 17.1 Å². The topological polar surface area (TPSA) is 80.6 Å². The monoisotopic (exact) mass is 504 g/mol. The van der Waals surface area contributed by atoms with Gasteiger partial charge < -0.3 is 19.7 Å². The lowest BCUT2D eigenvalue weighted by molar-refractivity contribution is -0.134. The molecule has 0 aliphatic carbocycles. The zero-order valence-electron chi connectivity index (χ0n) is 17.8. The standard InChI is InChI=1S/C26H21BrN2O4/c1-29-16-18(20-6-2-4-8-23(20)29)15-25(30)28-22(26(31)32)14-17-10-12-19(13-11-17)33-24-9-5-3-7-21(24)27/h2-14,16H,15H2,1H3,(H,28,30)(H,31,32). The Bertz CT molecular complexity index is 1360. The number of para-hydroxylation sites is 2. The van der Waals surface area contributed by atoms with Gasteiger partial charge >= 0.3 is 5.97 Å². The summed E-state index contributed by atoms with van der Waals surface area (Å²) in [5.74, 6) is -0.327. The fourth-order valence-electron chi connectivity index (χ4n) is 3.54. The highest BCUT2D eigenvalue weighted by atomic mass is 79.9. The van der Waals surface area contributed by atoms with Crippen LogP contribution in [0.2, 0.25) is 0 Å². The number of rotatable bonds is 7. The number of carboxylic acids is 1. The van der Waals surface area contributed by atoms with E-state index in [1.807, 2.05) is 66.3 Å². The molecule has 0 saturated carbocycles. The molecule has 0 spiro atoms. The summed E-state index contributed by atoms with van der Waals surface area (Å²) in [5.41, 5.74) is 2.28. The first-order valence-electron chi connectivity index (χ1n) is 10.2. The SMILES string of the molecule is Cn1cc(CC(=O)NC(=Cc2ccc(Oc3ccccc3Br)cc2)C(=O)O)c2ccccc21. The Kier molecular flexibility index (Phi) is 6.60. The Balaban J connectivity index is 1.47. The number of hydrogen-bond acceptors (Lipinski definition) is 3. The molecule has 0 aliphatic rings. The summed E-state index contributed by atoms with van der Waals surface area (Å²) >= 11 is 3.44. The minimum atomic E-state index is -1.21. The number of nitrogens with zero attached hydrogens (tertiary/aromatic N) is 1. The van der Waals surface area contributed by atoms with Crippen molar-refractivity contribution in [1.29, 1.82) is 0 Å². The molecule has 0 bridgehead atoms. The van der Waals surface area contributed by atoms with Gasteiger partial charge in [0.05, 0.1) is 10.9 Å². The number of ether oxygens (including phenoxy) is 1. The van der Waals surface area contributed by atoms with Crippen molar-refractivity contribution >= 4 is 44.8 Å². The minimum Gasteiger partial charge on any atom is -0.477 e. The average Bonchev–Trinajstić information content (AvgIpc) is 3.11. The number of aryl methyl sites for hydroxylation is 1. The predicted octanol–water partition coefficient (Wildman–Crippen LogP) is 5.52. The van der Waals surface area contributed by atoms with E-state index in [0.717, 1.165) is 20.9 Å². The lowest BCUT2D eigenvalue weighted by Gasteiger charge is -2.08. The van der Waals surface area contributed by atoms with Gasteiger partial charge in [0.2, 0.25) is 5.91 Å². The van der Waals surface area contributed by atoms with E-state index in [1.165, 1.54) is 6.08 Å². The predicted molar refractivity (Wildman–Crippen MR) is 131 cm³/mol. The first-order valence-corrected chi connectivity index (χ1v) is 11.0.